The Morgan fingerprint density at radius 1 is 1.11 bits per heavy atom. The number of rotatable bonds is 2. The highest BCUT2D eigenvalue weighted by molar-refractivity contribution is 5.91. The maximum atomic E-state index is 11.4. The molecule has 2 aliphatic carbocycles. The van der Waals surface area contributed by atoms with Gasteiger partial charge in [-0.15, -0.1) is 0 Å². The topological polar surface area (TPSA) is 35.5 Å². The molecule has 0 amide bonds. The van der Waals surface area contributed by atoms with Crippen LogP contribution in [0.3, 0.4) is 0 Å². The Bertz CT molecular complexity index is 559. The van der Waals surface area contributed by atoms with E-state index in [2.05, 4.69) is 12.1 Å². The van der Waals surface area contributed by atoms with E-state index in [4.69, 9.17) is 9.47 Å². The second-order valence-electron chi connectivity index (χ2n) is 5.32. The molecule has 0 radical (unpaired) electrons. The molecule has 1 atom stereocenters. The molecule has 0 aromatic heterocycles. The van der Waals surface area contributed by atoms with Crippen molar-refractivity contribution in [3.8, 4) is 11.5 Å². The fourth-order valence-corrected chi connectivity index (χ4v) is 3.35. The summed E-state index contributed by atoms with van der Waals surface area (Å²) >= 11 is 0. The van der Waals surface area contributed by atoms with Gasteiger partial charge in [0.2, 0.25) is 0 Å². The molecule has 0 fully saturated rings. The van der Waals surface area contributed by atoms with Gasteiger partial charge in [-0.05, 0) is 37.0 Å². The summed E-state index contributed by atoms with van der Waals surface area (Å²) in [5.41, 5.74) is 2.52. The first-order valence-corrected chi connectivity index (χ1v) is 6.66. The van der Waals surface area contributed by atoms with Crippen LogP contribution >= 0.6 is 0 Å². The molecule has 0 heterocycles. The Hall–Kier alpha value is -1.77. The summed E-state index contributed by atoms with van der Waals surface area (Å²) in [5, 5.41) is 0. The molecule has 0 saturated heterocycles. The van der Waals surface area contributed by atoms with Crippen LogP contribution in [0.4, 0.5) is 0 Å². The molecule has 3 heteroatoms. The Labute approximate surface area is 113 Å². The normalized spacial score (nSPS) is 24.6. The van der Waals surface area contributed by atoms with Gasteiger partial charge in [0.15, 0.2) is 5.78 Å². The van der Waals surface area contributed by atoms with Crippen LogP contribution in [-0.2, 0) is 16.6 Å². The number of fused-ring (bicyclic) bond motifs is 2. The third-order valence-corrected chi connectivity index (χ3v) is 4.36. The first-order chi connectivity index (χ1) is 9.18. The van der Waals surface area contributed by atoms with Gasteiger partial charge in [-0.2, -0.15) is 0 Å². The van der Waals surface area contributed by atoms with Crippen molar-refractivity contribution in [3.63, 3.8) is 0 Å². The fraction of sp³-hybridized carbons (Fsp3) is 0.438. The van der Waals surface area contributed by atoms with Crippen molar-refractivity contribution in [1.82, 2.24) is 0 Å². The van der Waals surface area contributed by atoms with E-state index in [1.807, 2.05) is 6.07 Å². The molecule has 0 N–H and O–H groups in total. The molecule has 1 aromatic rings. The Morgan fingerprint density at radius 2 is 1.89 bits per heavy atom. The van der Waals surface area contributed by atoms with E-state index < -0.39 is 0 Å². The van der Waals surface area contributed by atoms with Crippen molar-refractivity contribution < 1.29 is 14.3 Å². The zero-order valence-corrected chi connectivity index (χ0v) is 11.4. The molecule has 0 unspecified atom stereocenters. The van der Waals surface area contributed by atoms with Gasteiger partial charge in [-0.25, -0.2) is 0 Å². The summed E-state index contributed by atoms with van der Waals surface area (Å²) in [4.78, 5) is 11.4. The molecular weight excluding hydrogens is 240 g/mol. The lowest BCUT2D eigenvalue weighted by atomic mass is 9.74. The Kier molecular flexibility index (Phi) is 2.85. The third kappa shape index (κ3) is 1.84. The van der Waals surface area contributed by atoms with Crippen LogP contribution in [0.1, 0.15) is 30.4 Å². The van der Waals surface area contributed by atoms with Crippen molar-refractivity contribution in [2.45, 2.75) is 31.1 Å². The molecule has 3 nitrogen and oxygen atoms in total. The monoisotopic (exact) mass is 258 g/mol. The molecule has 0 saturated carbocycles. The number of benzene rings is 1. The van der Waals surface area contributed by atoms with E-state index in [9.17, 15) is 4.79 Å². The minimum absolute atomic E-state index is 0.0130. The minimum Gasteiger partial charge on any atom is -0.497 e. The number of hydrogen-bond donors (Lipinski definition) is 0. The number of hydrogen-bond acceptors (Lipinski definition) is 3. The lowest BCUT2D eigenvalue weighted by molar-refractivity contribution is -0.115. The summed E-state index contributed by atoms with van der Waals surface area (Å²) in [6.45, 7) is 0. The highest BCUT2D eigenvalue weighted by Gasteiger charge is 2.41. The summed E-state index contributed by atoms with van der Waals surface area (Å²) in [5.74, 6) is 1.95. The number of carbonyl (C=O) groups excluding carboxylic acids is 1. The highest BCUT2D eigenvalue weighted by Crippen LogP contribution is 2.50. The van der Waals surface area contributed by atoms with Gasteiger partial charge in [-0.3, -0.25) is 4.79 Å². The zero-order valence-electron chi connectivity index (χ0n) is 11.4. The summed E-state index contributed by atoms with van der Waals surface area (Å²) < 4.78 is 10.9. The fourth-order valence-electron chi connectivity index (χ4n) is 3.35. The number of carbonyl (C=O) groups is 1. The van der Waals surface area contributed by atoms with Gasteiger partial charge in [0.25, 0.3) is 0 Å². The summed E-state index contributed by atoms with van der Waals surface area (Å²) in [7, 11) is 3.36. The van der Waals surface area contributed by atoms with Crippen molar-refractivity contribution in [2.75, 3.05) is 14.2 Å². The van der Waals surface area contributed by atoms with Gasteiger partial charge < -0.3 is 9.47 Å². The smallest absolute Gasteiger partial charge is 0.155 e. The largest absolute Gasteiger partial charge is 0.497 e. The summed E-state index contributed by atoms with van der Waals surface area (Å²) in [6, 6.07) is 4.03. The van der Waals surface area contributed by atoms with Crippen LogP contribution in [0.15, 0.2) is 24.3 Å². The van der Waals surface area contributed by atoms with Gasteiger partial charge in [-0.1, -0.05) is 6.08 Å². The Morgan fingerprint density at radius 3 is 2.53 bits per heavy atom. The van der Waals surface area contributed by atoms with Crippen LogP contribution in [0.5, 0.6) is 11.5 Å². The maximum absolute atomic E-state index is 11.4. The number of allylic oxidation sites excluding steroid dienone is 2. The van der Waals surface area contributed by atoms with Crippen LogP contribution in [0.25, 0.3) is 0 Å². The van der Waals surface area contributed by atoms with Crippen LogP contribution in [0.2, 0.25) is 0 Å². The zero-order chi connectivity index (χ0) is 13.5. The Balaban J connectivity index is 2.14. The van der Waals surface area contributed by atoms with E-state index in [1.54, 1.807) is 20.3 Å². The molecule has 1 aromatic carbocycles. The van der Waals surface area contributed by atoms with Gasteiger partial charge in [0.05, 0.1) is 14.2 Å². The van der Waals surface area contributed by atoms with Crippen LogP contribution in [-0.4, -0.2) is 20.0 Å². The van der Waals surface area contributed by atoms with Crippen molar-refractivity contribution >= 4 is 5.78 Å². The van der Waals surface area contributed by atoms with E-state index in [0.29, 0.717) is 6.42 Å². The average Bonchev–Trinajstić information content (AvgIpc) is 2.80. The average molecular weight is 258 g/mol. The van der Waals surface area contributed by atoms with Gasteiger partial charge in [0.1, 0.15) is 11.5 Å². The molecule has 19 heavy (non-hydrogen) atoms. The van der Waals surface area contributed by atoms with Crippen molar-refractivity contribution in [3.05, 3.63) is 35.4 Å². The molecular formula is C16H18O3. The van der Waals surface area contributed by atoms with E-state index >= 15 is 0 Å². The molecule has 2 aliphatic rings. The van der Waals surface area contributed by atoms with E-state index in [1.165, 1.54) is 11.1 Å². The maximum Gasteiger partial charge on any atom is 0.155 e. The van der Waals surface area contributed by atoms with Gasteiger partial charge >= 0.3 is 0 Å². The SMILES string of the molecule is COc1cc2c(c(OC)c1)[C@]1(C=CC(=O)CC1)CC2. The van der Waals surface area contributed by atoms with Crippen molar-refractivity contribution in [1.29, 1.82) is 0 Å². The lowest BCUT2D eigenvalue weighted by Gasteiger charge is -2.30. The van der Waals surface area contributed by atoms with Crippen molar-refractivity contribution in [2.24, 2.45) is 0 Å². The number of methoxy groups -OCH3 is 2. The third-order valence-electron chi connectivity index (χ3n) is 4.36. The summed E-state index contributed by atoms with van der Waals surface area (Å²) in [6.07, 6.45) is 7.40. The van der Waals surface area contributed by atoms with Crippen LogP contribution in [0, 0.1) is 0 Å². The first kappa shape index (κ1) is 12.3. The molecule has 0 aliphatic heterocycles. The minimum atomic E-state index is -0.0130. The molecule has 1 spiro atoms. The first-order valence-electron chi connectivity index (χ1n) is 6.66. The molecule has 0 bridgehead atoms. The standard InChI is InChI=1S/C16H18O3/c1-18-13-9-11-3-6-16(7-4-12(17)5-8-16)15(11)14(10-13)19-2/h4,7,9-10H,3,5-6,8H2,1-2H3/t16-/m0/s1. The molecule has 3 rings (SSSR count). The second kappa shape index (κ2) is 4.41. The van der Waals surface area contributed by atoms with Gasteiger partial charge in [0, 0.05) is 23.5 Å². The number of aryl methyl sites for hydroxylation is 1. The quantitative estimate of drug-likeness (QED) is 0.818. The predicted octanol–water partition coefficient (Wildman–Crippen LogP) is 2.81. The number of ether oxygens (including phenoxy) is 2. The second-order valence-corrected chi connectivity index (χ2v) is 5.32. The van der Waals surface area contributed by atoms with E-state index in [0.717, 1.165) is 30.8 Å². The van der Waals surface area contributed by atoms with Crippen LogP contribution < -0.4 is 9.47 Å². The lowest BCUT2D eigenvalue weighted by Crippen LogP contribution is -2.25. The number of ketones is 1. The highest BCUT2D eigenvalue weighted by atomic mass is 16.5. The predicted molar refractivity (Wildman–Crippen MR) is 72.9 cm³/mol. The molecule has 100 valence electrons. The van der Waals surface area contributed by atoms with E-state index in [-0.39, 0.29) is 11.2 Å².